The monoisotopic (exact) mass is 372 g/mol. The molecule has 0 bridgehead atoms. The second-order valence-electron chi connectivity index (χ2n) is 6.38. The molecule has 0 aromatic heterocycles. The van der Waals surface area contributed by atoms with E-state index in [-0.39, 0.29) is 11.9 Å². The number of hydrogen-bond acceptors (Lipinski definition) is 2. The first-order valence-corrected chi connectivity index (χ1v) is 8.92. The summed E-state index contributed by atoms with van der Waals surface area (Å²) >= 11 is 0. The summed E-state index contributed by atoms with van der Waals surface area (Å²) in [5, 5.41) is 0. The van der Waals surface area contributed by atoms with E-state index in [9.17, 15) is 0 Å². The van der Waals surface area contributed by atoms with Gasteiger partial charge >= 0.3 is 0 Å². The van der Waals surface area contributed by atoms with E-state index >= 15 is 0 Å². The summed E-state index contributed by atoms with van der Waals surface area (Å²) in [6.45, 7) is 0.768. The molecule has 0 aliphatic carbocycles. The van der Waals surface area contributed by atoms with Crippen LogP contribution in [-0.2, 0) is 13.1 Å². The fourth-order valence-electron chi connectivity index (χ4n) is 3.08. The summed E-state index contributed by atoms with van der Waals surface area (Å²) in [6.07, 6.45) is 0. The summed E-state index contributed by atoms with van der Waals surface area (Å²) in [7, 11) is 0. The average Bonchev–Trinajstić information content (AvgIpc) is 2.71. The smallest absolute Gasteiger partial charge is 0.186 e. The topological polar surface area (TPSA) is 129 Å². The Morgan fingerprint density at radius 3 is 1.25 bits per heavy atom. The summed E-state index contributed by atoms with van der Waals surface area (Å²) in [4.78, 5) is 8.45. The van der Waals surface area contributed by atoms with Crippen LogP contribution < -0.4 is 22.9 Å². The molecule has 0 fully saturated rings. The van der Waals surface area contributed by atoms with Crippen molar-refractivity contribution in [1.29, 1.82) is 0 Å². The lowest BCUT2D eigenvalue weighted by Gasteiger charge is -2.16. The molecule has 6 nitrogen and oxygen atoms in total. The van der Waals surface area contributed by atoms with E-state index in [1.807, 2.05) is 36.4 Å². The van der Waals surface area contributed by atoms with Crippen molar-refractivity contribution in [2.24, 2.45) is 32.9 Å². The second kappa shape index (κ2) is 8.73. The van der Waals surface area contributed by atoms with Crippen LogP contribution in [-0.4, -0.2) is 11.9 Å². The first-order valence-electron chi connectivity index (χ1n) is 8.92. The summed E-state index contributed by atoms with van der Waals surface area (Å²) in [5.41, 5.74) is 28.6. The molecule has 0 saturated heterocycles. The number of nitrogens with zero attached hydrogens (tertiary/aromatic N) is 2. The van der Waals surface area contributed by atoms with Crippen LogP contribution in [0.3, 0.4) is 0 Å². The molecule has 0 aliphatic heterocycles. The zero-order chi connectivity index (χ0) is 19.9. The van der Waals surface area contributed by atoms with E-state index in [1.165, 1.54) is 0 Å². The molecule has 0 aliphatic rings. The van der Waals surface area contributed by atoms with Crippen molar-refractivity contribution in [3.8, 4) is 22.3 Å². The van der Waals surface area contributed by atoms with Crippen molar-refractivity contribution in [2.75, 3.05) is 0 Å². The minimum atomic E-state index is 0.0601. The van der Waals surface area contributed by atoms with Gasteiger partial charge in [-0.05, 0) is 45.5 Å². The lowest BCUT2D eigenvalue weighted by atomic mass is 9.90. The Bertz CT molecular complexity index is 903. The predicted octanol–water partition coefficient (Wildman–Crippen LogP) is 2.57. The van der Waals surface area contributed by atoms with E-state index in [1.54, 1.807) is 0 Å². The highest BCUT2D eigenvalue weighted by atomic mass is 15.0. The first kappa shape index (κ1) is 19.0. The number of aliphatic imine (C=N–C) groups is 2. The number of nitrogens with two attached hydrogens (primary N) is 4. The maximum absolute atomic E-state index is 5.57. The van der Waals surface area contributed by atoms with Crippen LogP contribution in [0.4, 0.5) is 0 Å². The quantitative estimate of drug-likeness (QED) is 0.391. The van der Waals surface area contributed by atoms with Gasteiger partial charge < -0.3 is 22.9 Å². The molecule has 0 atom stereocenters. The van der Waals surface area contributed by atoms with Gasteiger partial charge in [0.05, 0.1) is 13.1 Å². The van der Waals surface area contributed by atoms with Gasteiger partial charge in [-0.15, -0.1) is 0 Å². The highest BCUT2D eigenvalue weighted by Crippen LogP contribution is 2.33. The lowest BCUT2D eigenvalue weighted by molar-refractivity contribution is 1.03. The number of rotatable bonds is 6. The Balaban J connectivity index is 2.21. The second-order valence-corrected chi connectivity index (χ2v) is 6.38. The zero-order valence-electron chi connectivity index (χ0n) is 15.5. The Hall–Kier alpha value is -3.80. The molecule has 8 N–H and O–H groups in total. The molecule has 0 unspecified atom stereocenters. The van der Waals surface area contributed by atoms with Crippen molar-refractivity contribution in [1.82, 2.24) is 0 Å². The van der Waals surface area contributed by atoms with Crippen LogP contribution in [0.2, 0.25) is 0 Å². The SMILES string of the molecule is NC(N)=NCc1cc(-c2ccccc2)c(CN=C(N)N)cc1-c1ccccc1. The Labute approximate surface area is 164 Å². The van der Waals surface area contributed by atoms with E-state index < -0.39 is 0 Å². The molecule has 0 amide bonds. The van der Waals surface area contributed by atoms with E-state index in [4.69, 9.17) is 22.9 Å². The van der Waals surface area contributed by atoms with Gasteiger partial charge in [0.2, 0.25) is 0 Å². The third kappa shape index (κ3) is 4.67. The van der Waals surface area contributed by atoms with Gasteiger partial charge in [-0.3, -0.25) is 0 Å². The molecule has 0 radical (unpaired) electrons. The standard InChI is InChI=1S/C22H24N6/c23-21(24)27-13-17-12-20(16-9-5-2-6-10-16)18(14-28-22(25)26)11-19(17)15-7-3-1-4-8-15/h1-12H,13-14H2,(H4,23,24,27)(H4,25,26,28). The summed E-state index contributed by atoms with van der Waals surface area (Å²) < 4.78 is 0. The maximum Gasteiger partial charge on any atom is 0.186 e. The molecule has 3 aromatic rings. The molecule has 3 rings (SSSR count). The van der Waals surface area contributed by atoms with Crippen molar-refractivity contribution < 1.29 is 0 Å². The van der Waals surface area contributed by atoms with Crippen molar-refractivity contribution >= 4 is 11.9 Å². The molecule has 142 valence electrons. The van der Waals surface area contributed by atoms with Gasteiger partial charge in [0.15, 0.2) is 11.9 Å². The minimum Gasteiger partial charge on any atom is -0.370 e. The van der Waals surface area contributed by atoms with Crippen LogP contribution in [0.1, 0.15) is 11.1 Å². The number of guanidine groups is 2. The molecular weight excluding hydrogens is 348 g/mol. The van der Waals surface area contributed by atoms with Crippen LogP contribution in [0, 0.1) is 0 Å². The van der Waals surface area contributed by atoms with Crippen LogP contribution >= 0.6 is 0 Å². The highest BCUT2D eigenvalue weighted by Gasteiger charge is 2.13. The predicted molar refractivity (Wildman–Crippen MR) is 116 cm³/mol. The van der Waals surface area contributed by atoms with E-state index in [2.05, 4.69) is 46.4 Å². The van der Waals surface area contributed by atoms with Crippen molar-refractivity contribution in [2.45, 2.75) is 13.1 Å². The normalized spacial score (nSPS) is 10.3. The molecule has 6 heteroatoms. The van der Waals surface area contributed by atoms with Gasteiger partial charge in [-0.25, -0.2) is 9.98 Å². The van der Waals surface area contributed by atoms with Crippen LogP contribution in [0.15, 0.2) is 82.8 Å². The van der Waals surface area contributed by atoms with Crippen LogP contribution in [0.5, 0.6) is 0 Å². The van der Waals surface area contributed by atoms with Gasteiger partial charge in [0.25, 0.3) is 0 Å². The Kier molecular flexibility index (Phi) is 5.91. The van der Waals surface area contributed by atoms with E-state index in [0.717, 1.165) is 33.4 Å². The minimum absolute atomic E-state index is 0.0601. The molecule has 0 spiro atoms. The highest BCUT2D eigenvalue weighted by molar-refractivity contribution is 5.79. The molecule has 0 saturated carbocycles. The molecule has 3 aromatic carbocycles. The lowest BCUT2D eigenvalue weighted by Crippen LogP contribution is -2.23. The molecule has 0 heterocycles. The van der Waals surface area contributed by atoms with Crippen molar-refractivity contribution in [3.63, 3.8) is 0 Å². The van der Waals surface area contributed by atoms with Gasteiger partial charge in [0, 0.05) is 0 Å². The van der Waals surface area contributed by atoms with Gasteiger partial charge in [-0.2, -0.15) is 0 Å². The molecular formula is C22H24N6. The zero-order valence-corrected chi connectivity index (χ0v) is 15.5. The Morgan fingerprint density at radius 1 is 0.571 bits per heavy atom. The first-order chi connectivity index (χ1) is 13.5. The average molecular weight is 372 g/mol. The summed E-state index contributed by atoms with van der Waals surface area (Å²) in [5.74, 6) is 0.120. The maximum atomic E-state index is 5.57. The van der Waals surface area contributed by atoms with Crippen molar-refractivity contribution in [3.05, 3.63) is 83.9 Å². The Morgan fingerprint density at radius 2 is 0.929 bits per heavy atom. The number of hydrogen-bond donors (Lipinski definition) is 4. The fourth-order valence-corrected chi connectivity index (χ4v) is 3.08. The van der Waals surface area contributed by atoms with E-state index in [0.29, 0.717) is 13.1 Å². The fraction of sp³-hybridized carbons (Fsp3) is 0.0909. The third-order valence-electron chi connectivity index (χ3n) is 4.36. The largest absolute Gasteiger partial charge is 0.370 e. The third-order valence-corrected chi connectivity index (χ3v) is 4.36. The molecule has 28 heavy (non-hydrogen) atoms. The van der Waals surface area contributed by atoms with Gasteiger partial charge in [0.1, 0.15) is 0 Å². The van der Waals surface area contributed by atoms with Crippen LogP contribution in [0.25, 0.3) is 22.3 Å². The van der Waals surface area contributed by atoms with Gasteiger partial charge in [-0.1, -0.05) is 60.7 Å². The number of benzene rings is 3. The summed E-state index contributed by atoms with van der Waals surface area (Å²) in [6, 6.07) is 24.4.